The monoisotopic (exact) mass is 459 g/mol. The Labute approximate surface area is 198 Å². The number of benzene rings is 1. The molecule has 1 saturated heterocycles. The van der Waals surface area contributed by atoms with Crippen molar-refractivity contribution >= 4 is 22.9 Å². The lowest BCUT2D eigenvalue weighted by atomic mass is 9.97. The zero-order valence-corrected chi connectivity index (χ0v) is 20.0. The van der Waals surface area contributed by atoms with E-state index in [1.165, 1.54) is 6.26 Å². The number of carbonyl (C=O) groups excluding carboxylic acids is 1. The van der Waals surface area contributed by atoms with Crippen LogP contribution in [0.1, 0.15) is 42.7 Å². The molecular formula is C26H29N5O3. The van der Waals surface area contributed by atoms with E-state index in [4.69, 9.17) is 9.15 Å². The zero-order chi connectivity index (χ0) is 23.9. The lowest BCUT2D eigenvalue weighted by Crippen LogP contribution is -2.36. The van der Waals surface area contributed by atoms with Crippen molar-refractivity contribution in [2.45, 2.75) is 33.1 Å². The second kappa shape index (κ2) is 8.61. The molecule has 8 nitrogen and oxygen atoms in total. The Hall–Kier alpha value is -3.65. The number of hydrogen-bond acceptors (Lipinski definition) is 6. The van der Waals surface area contributed by atoms with Gasteiger partial charge in [0.15, 0.2) is 17.2 Å². The van der Waals surface area contributed by atoms with Gasteiger partial charge in [-0.05, 0) is 36.2 Å². The van der Waals surface area contributed by atoms with Crippen molar-refractivity contribution in [1.29, 1.82) is 0 Å². The molecule has 176 valence electrons. The summed E-state index contributed by atoms with van der Waals surface area (Å²) < 4.78 is 13.1. The predicted octanol–water partition coefficient (Wildman–Crippen LogP) is 4.68. The average Bonchev–Trinajstić information content (AvgIpc) is 3.50. The van der Waals surface area contributed by atoms with E-state index < -0.39 is 0 Å². The SMILES string of the molecule is Cc1ccc(NC(=O)c2coc(C(C)(C)C)n2)cc1-c1cc(N2CCOCC2)c2nccn2c1. The minimum atomic E-state index is -0.298. The Balaban J connectivity index is 1.47. The Morgan fingerprint density at radius 2 is 1.94 bits per heavy atom. The van der Waals surface area contributed by atoms with Crippen LogP contribution in [0.25, 0.3) is 16.8 Å². The van der Waals surface area contributed by atoms with Crippen LogP contribution in [0.2, 0.25) is 0 Å². The molecule has 1 fully saturated rings. The number of ether oxygens (including phenoxy) is 1. The Kier molecular flexibility index (Phi) is 5.61. The molecule has 1 amide bonds. The molecule has 3 aromatic heterocycles. The molecular weight excluding hydrogens is 430 g/mol. The molecule has 5 rings (SSSR count). The molecule has 34 heavy (non-hydrogen) atoms. The molecule has 0 spiro atoms. The third-order valence-corrected chi connectivity index (χ3v) is 6.00. The number of imidazole rings is 1. The number of aryl methyl sites for hydroxylation is 1. The van der Waals surface area contributed by atoms with Crippen LogP contribution in [0, 0.1) is 6.92 Å². The highest BCUT2D eigenvalue weighted by atomic mass is 16.5. The third-order valence-electron chi connectivity index (χ3n) is 6.00. The number of anilines is 2. The number of morpholine rings is 1. The maximum Gasteiger partial charge on any atom is 0.277 e. The van der Waals surface area contributed by atoms with Gasteiger partial charge in [-0.2, -0.15) is 0 Å². The van der Waals surface area contributed by atoms with E-state index in [-0.39, 0.29) is 17.0 Å². The molecule has 0 unspecified atom stereocenters. The molecule has 0 aliphatic carbocycles. The summed E-state index contributed by atoms with van der Waals surface area (Å²) in [6, 6.07) is 8.09. The molecule has 1 aliphatic rings. The first-order chi connectivity index (χ1) is 16.3. The average molecular weight is 460 g/mol. The fourth-order valence-corrected chi connectivity index (χ4v) is 4.13. The minimum absolute atomic E-state index is 0.264. The van der Waals surface area contributed by atoms with Gasteiger partial charge in [-0.25, -0.2) is 9.97 Å². The van der Waals surface area contributed by atoms with Crippen LogP contribution < -0.4 is 10.2 Å². The summed E-state index contributed by atoms with van der Waals surface area (Å²) >= 11 is 0. The molecule has 4 heterocycles. The maximum absolute atomic E-state index is 12.8. The second-order valence-electron chi connectivity index (χ2n) is 9.64. The number of fused-ring (bicyclic) bond motifs is 1. The standard InChI is InChI=1S/C26H29N5O3/c1-17-5-6-19(28-24(32)21-16-34-25(29-21)26(2,3)4)14-20(17)18-13-22(30-9-11-33-12-10-30)23-27-7-8-31(23)15-18/h5-8,13-16H,9-12H2,1-4H3,(H,28,32). The van der Waals surface area contributed by atoms with Gasteiger partial charge in [-0.1, -0.05) is 26.8 Å². The fourth-order valence-electron chi connectivity index (χ4n) is 4.13. The van der Waals surface area contributed by atoms with Gasteiger partial charge in [0.1, 0.15) is 6.26 Å². The zero-order valence-electron chi connectivity index (χ0n) is 20.0. The van der Waals surface area contributed by atoms with Crippen LogP contribution in [0.4, 0.5) is 11.4 Å². The van der Waals surface area contributed by atoms with Crippen molar-refractivity contribution in [3.63, 3.8) is 0 Å². The van der Waals surface area contributed by atoms with Gasteiger partial charge in [-0.15, -0.1) is 0 Å². The number of nitrogens with zero attached hydrogens (tertiary/aromatic N) is 4. The first-order valence-corrected chi connectivity index (χ1v) is 11.5. The van der Waals surface area contributed by atoms with E-state index >= 15 is 0 Å². The number of nitrogens with one attached hydrogen (secondary N) is 1. The molecule has 1 aromatic carbocycles. The van der Waals surface area contributed by atoms with Gasteiger partial charge in [-0.3, -0.25) is 4.79 Å². The number of carbonyl (C=O) groups is 1. The van der Waals surface area contributed by atoms with Crippen LogP contribution >= 0.6 is 0 Å². The maximum atomic E-state index is 12.8. The van der Waals surface area contributed by atoms with Crippen LogP contribution in [0.3, 0.4) is 0 Å². The highest BCUT2D eigenvalue weighted by Gasteiger charge is 2.23. The largest absolute Gasteiger partial charge is 0.448 e. The predicted molar refractivity (Wildman–Crippen MR) is 132 cm³/mol. The number of rotatable bonds is 4. The number of pyridine rings is 1. The molecule has 8 heteroatoms. The van der Waals surface area contributed by atoms with Gasteiger partial charge in [0.25, 0.3) is 5.91 Å². The summed E-state index contributed by atoms with van der Waals surface area (Å²) in [6.45, 7) is 11.1. The van der Waals surface area contributed by atoms with Crippen molar-refractivity contribution in [2.24, 2.45) is 0 Å². The summed E-state index contributed by atoms with van der Waals surface area (Å²) in [6.07, 6.45) is 7.26. The summed E-state index contributed by atoms with van der Waals surface area (Å²) in [4.78, 5) is 24.1. The van der Waals surface area contributed by atoms with Crippen LogP contribution in [0.15, 0.2) is 53.5 Å². The van der Waals surface area contributed by atoms with Crippen molar-refractivity contribution in [3.8, 4) is 11.1 Å². The number of amides is 1. The van der Waals surface area contributed by atoms with Crippen LogP contribution in [0.5, 0.6) is 0 Å². The quantitative estimate of drug-likeness (QED) is 0.477. The smallest absolute Gasteiger partial charge is 0.277 e. The van der Waals surface area contributed by atoms with Gasteiger partial charge in [0, 0.05) is 48.3 Å². The first-order valence-electron chi connectivity index (χ1n) is 11.5. The van der Waals surface area contributed by atoms with Crippen LogP contribution in [-0.4, -0.2) is 46.6 Å². The fraction of sp³-hybridized carbons (Fsp3) is 0.346. The lowest BCUT2D eigenvalue weighted by molar-refractivity contribution is 0.102. The van der Waals surface area contributed by atoms with Crippen LogP contribution in [-0.2, 0) is 10.2 Å². The number of oxazole rings is 1. The molecule has 0 saturated carbocycles. The second-order valence-corrected chi connectivity index (χ2v) is 9.64. The Morgan fingerprint density at radius 3 is 2.68 bits per heavy atom. The topological polar surface area (TPSA) is 84.9 Å². The highest BCUT2D eigenvalue weighted by molar-refractivity contribution is 6.03. The Bertz CT molecular complexity index is 1340. The van der Waals surface area contributed by atoms with E-state index in [0.29, 0.717) is 24.8 Å². The molecule has 0 atom stereocenters. The van der Waals surface area contributed by atoms with Crippen molar-refractivity contribution in [2.75, 3.05) is 36.5 Å². The molecule has 4 aromatic rings. The number of aromatic nitrogens is 3. The van der Waals surface area contributed by atoms with Gasteiger partial charge < -0.3 is 23.8 Å². The van der Waals surface area contributed by atoms with Crippen molar-refractivity contribution in [1.82, 2.24) is 14.4 Å². The molecule has 1 N–H and O–H groups in total. The summed E-state index contributed by atoms with van der Waals surface area (Å²) in [5, 5.41) is 2.96. The highest BCUT2D eigenvalue weighted by Crippen LogP contribution is 2.32. The summed E-state index contributed by atoms with van der Waals surface area (Å²) in [5.41, 5.74) is 5.91. The summed E-state index contributed by atoms with van der Waals surface area (Å²) in [5.74, 6) is 0.236. The third kappa shape index (κ3) is 4.28. The van der Waals surface area contributed by atoms with E-state index in [9.17, 15) is 4.79 Å². The van der Waals surface area contributed by atoms with E-state index in [0.717, 1.165) is 41.1 Å². The van der Waals surface area contributed by atoms with E-state index in [1.54, 1.807) is 0 Å². The first kappa shape index (κ1) is 22.2. The van der Waals surface area contributed by atoms with E-state index in [2.05, 4.69) is 39.4 Å². The summed E-state index contributed by atoms with van der Waals surface area (Å²) in [7, 11) is 0. The van der Waals surface area contributed by atoms with Gasteiger partial charge >= 0.3 is 0 Å². The van der Waals surface area contributed by atoms with Crippen molar-refractivity contribution < 1.29 is 13.9 Å². The molecule has 0 radical (unpaired) electrons. The van der Waals surface area contributed by atoms with Gasteiger partial charge in [0.2, 0.25) is 0 Å². The Morgan fingerprint density at radius 1 is 1.15 bits per heavy atom. The van der Waals surface area contributed by atoms with Gasteiger partial charge in [0.05, 0.1) is 18.9 Å². The molecule has 0 bridgehead atoms. The normalized spacial score (nSPS) is 14.5. The minimum Gasteiger partial charge on any atom is -0.448 e. The van der Waals surface area contributed by atoms with E-state index in [1.807, 2.05) is 55.8 Å². The van der Waals surface area contributed by atoms with Crippen molar-refractivity contribution in [3.05, 3.63) is 66.3 Å². The number of hydrogen-bond donors (Lipinski definition) is 1. The lowest BCUT2D eigenvalue weighted by Gasteiger charge is -2.29. The molecule has 1 aliphatic heterocycles.